The van der Waals surface area contributed by atoms with Crippen LogP contribution in [0.1, 0.15) is 59.2 Å². The van der Waals surface area contributed by atoms with Gasteiger partial charge in [-0.15, -0.1) is 10.2 Å². The summed E-state index contributed by atoms with van der Waals surface area (Å²) < 4.78 is 46.5. The monoisotopic (exact) mass is 621 g/mol. The van der Waals surface area contributed by atoms with Crippen LogP contribution >= 0.6 is 0 Å². The Morgan fingerprint density at radius 2 is 1.89 bits per heavy atom. The fraction of sp³-hybridized carbons (Fsp3) is 0.452. The molecule has 2 aliphatic carbocycles. The van der Waals surface area contributed by atoms with E-state index in [9.17, 15) is 23.1 Å². The van der Waals surface area contributed by atoms with E-state index in [4.69, 9.17) is 4.98 Å². The summed E-state index contributed by atoms with van der Waals surface area (Å²) in [6.45, 7) is 0.728. The van der Waals surface area contributed by atoms with Crippen molar-refractivity contribution in [3.05, 3.63) is 59.0 Å². The zero-order chi connectivity index (χ0) is 31.5. The van der Waals surface area contributed by atoms with Crippen LogP contribution < -0.4 is 15.5 Å². The second kappa shape index (κ2) is 11.2. The van der Waals surface area contributed by atoms with Crippen LogP contribution in [0.3, 0.4) is 0 Å². The van der Waals surface area contributed by atoms with Gasteiger partial charge in [0.2, 0.25) is 0 Å². The molecule has 0 unspecified atom stereocenters. The Hall–Kier alpha value is -4.30. The van der Waals surface area contributed by atoms with Crippen LogP contribution in [0.5, 0.6) is 0 Å². The molecular weight excluding hydrogens is 587 g/mol. The fourth-order valence-electron chi connectivity index (χ4n) is 6.38. The van der Waals surface area contributed by atoms with Crippen molar-refractivity contribution in [1.82, 2.24) is 34.8 Å². The second-order valence-electron chi connectivity index (χ2n) is 12.3. The molecule has 3 N–H and O–H groups in total. The number of hydrogen-bond acceptors (Lipinski definition) is 8. The van der Waals surface area contributed by atoms with Gasteiger partial charge in [-0.25, -0.2) is 4.98 Å². The maximum absolute atomic E-state index is 14.4. The number of carbonyl (C=O) groups excluding carboxylic acids is 1. The Kier molecular flexibility index (Phi) is 7.35. The summed E-state index contributed by atoms with van der Waals surface area (Å²) >= 11 is 0. The fourth-order valence-corrected chi connectivity index (χ4v) is 6.38. The Bertz CT molecular complexity index is 1760. The molecule has 0 spiro atoms. The summed E-state index contributed by atoms with van der Waals surface area (Å²) in [5.74, 6) is 1.23. The zero-order valence-corrected chi connectivity index (χ0v) is 25.0. The first-order valence-corrected chi connectivity index (χ1v) is 15.1. The van der Waals surface area contributed by atoms with Crippen LogP contribution in [0.25, 0.3) is 22.6 Å². The summed E-state index contributed by atoms with van der Waals surface area (Å²) in [6, 6.07) is 6.21. The molecule has 0 atom stereocenters. The Morgan fingerprint density at radius 1 is 1.09 bits per heavy atom. The number of aryl methyl sites for hydroxylation is 2. The minimum Gasteiger partial charge on any atom is -0.393 e. The zero-order valence-electron chi connectivity index (χ0n) is 25.0. The average Bonchev–Trinajstić information content (AvgIpc) is 3.64. The largest absolute Gasteiger partial charge is 0.416 e. The van der Waals surface area contributed by atoms with Crippen molar-refractivity contribution in [2.75, 3.05) is 16.8 Å². The van der Waals surface area contributed by atoms with Gasteiger partial charge in [0.25, 0.3) is 5.91 Å². The molecule has 0 radical (unpaired) electrons. The van der Waals surface area contributed by atoms with Crippen LogP contribution in [0.2, 0.25) is 0 Å². The van der Waals surface area contributed by atoms with E-state index in [1.807, 2.05) is 13.1 Å². The number of rotatable bonds is 9. The summed E-state index contributed by atoms with van der Waals surface area (Å²) in [7, 11) is 3.59. The lowest BCUT2D eigenvalue weighted by Crippen LogP contribution is -2.39. The quantitative estimate of drug-likeness (QED) is 0.253. The molecule has 0 bridgehead atoms. The number of anilines is 2. The van der Waals surface area contributed by atoms with E-state index >= 15 is 0 Å². The molecule has 2 saturated carbocycles. The van der Waals surface area contributed by atoms with Crippen molar-refractivity contribution in [2.45, 2.75) is 63.5 Å². The van der Waals surface area contributed by atoms with E-state index in [2.05, 4.69) is 25.9 Å². The summed E-state index contributed by atoms with van der Waals surface area (Å²) in [4.78, 5) is 19.9. The molecule has 1 amide bonds. The molecule has 4 heterocycles. The third-order valence-corrected chi connectivity index (χ3v) is 9.11. The number of aliphatic hydroxyl groups excluding tert-OH is 1. The summed E-state index contributed by atoms with van der Waals surface area (Å²) in [5, 5.41) is 29.1. The number of pyridine rings is 1. The number of aromatic nitrogens is 6. The van der Waals surface area contributed by atoms with E-state index in [1.165, 1.54) is 11.3 Å². The maximum Gasteiger partial charge on any atom is 0.416 e. The SMILES string of the molecule is Cn1cnnc1-c1cnn(C)c1-c1cc(NC2CC(O)C2)nc(N2Cc3c(cc(CNCC4CCC4)cc3C(F)(F)F)C2=O)c1. The van der Waals surface area contributed by atoms with Crippen LogP contribution in [-0.2, 0) is 33.4 Å². The van der Waals surface area contributed by atoms with E-state index < -0.39 is 23.8 Å². The van der Waals surface area contributed by atoms with Gasteiger partial charge in [-0.2, -0.15) is 18.3 Å². The Morgan fingerprint density at radius 3 is 2.56 bits per heavy atom. The number of nitrogens with zero attached hydrogens (tertiary/aromatic N) is 7. The molecule has 3 aliphatic rings. The van der Waals surface area contributed by atoms with Crippen LogP contribution in [0, 0.1) is 5.92 Å². The van der Waals surface area contributed by atoms with Crippen molar-refractivity contribution in [2.24, 2.45) is 20.0 Å². The standard InChI is InChI=1S/C31H34F3N9O2/c1-41-16-36-40-29(41)23-14-37-42(2)28(23)19-8-26(38-20-10-21(44)11-20)39-27(9-19)43-15-24-22(30(43)45)6-18(7-25(24)31(32,33)34)13-35-12-17-4-3-5-17/h6-9,14,16-17,20-21,35,44H,3-5,10-13,15H2,1-2H3,(H,38,39). The van der Waals surface area contributed by atoms with Gasteiger partial charge >= 0.3 is 6.18 Å². The number of aliphatic hydroxyl groups is 1. The van der Waals surface area contributed by atoms with Gasteiger partial charge < -0.3 is 20.3 Å². The molecule has 2 fully saturated rings. The van der Waals surface area contributed by atoms with Crippen molar-refractivity contribution >= 4 is 17.5 Å². The van der Waals surface area contributed by atoms with E-state index in [1.54, 1.807) is 41.0 Å². The lowest BCUT2D eigenvalue weighted by atomic mass is 9.85. The van der Waals surface area contributed by atoms with Gasteiger partial charge in [0, 0.05) is 37.8 Å². The smallest absolute Gasteiger partial charge is 0.393 e. The highest BCUT2D eigenvalue weighted by molar-refractivity contribution is 6.10. The third kappa shape index (κ3) is 5.56. The molecule has 7 rings (SSSR count). The van der Waals surface area contributed by atoms with Gasteiger partial charge in [-0.3, -0.25) is 14.4 Å². The van der Waals surface area contributed by atoms with E-state index in [0.29, 0.717) is 52.8 Å². The molecule has 4 aromatic rings. The molecule has 11 nitrogen and oxygen atoms in total. The van der Waals surface area contributed by atoms with Gasteiger partial charge in [0.1, 0.15) is 18.0 Å². The Labute approximate surface area is 257 Å². The lowest BCUT2D eigenvalue weighted by molar-refractivity contribution is -0.138. The normalized spacial score (nSPS) is 19.9. The number of benzene rings is 1. The van der Waals surface area contributed by atoms with Gasteiger partial charge in [-0.1, -0.05) is 6.42 Å². The van der Waals surface area contributed by atoms with Gasteiger partial charge in [-0.05, 0) is 73.5 Å². The second-order valence-corrected chi connectivity index (χ2v) is 12.3. The minimum absolute atomic E-state index is 0.0290. The molecule has 14 heteroatoms. The Balaban J connectivity index is 1.27. The van der Waals surface area contributed by atoms with Crippen molar-refractivity contribution in [1.29, 1.82) is 0 Å². The van der Waals surface area contributed by atoms with E-state index in [-0.39, 0.29) is 36.1 Å². The summed E-state index contributed by atoms with van der Waals surface area (Å²) in [5.41, 5.74) is 1.60. The number of amides is 1. The minimum atomic E-state index is -4.63. The molecule has 0 saturated heterocycles. The molecule has 1 aliphatic heterocycles. The highest BCUT2D eigenvalue weighted by Crippen LogP contribution is 2.41. The molecular formula is C31H34F3N9O2. The molecule has 45 heavy (non-hydrogen) atoms. The number of nitrogens with one attached hydrogen (secondary N) is 2. The van der Waals surface area contributed by atoms with Crippen LogP contribution in [0.4, 0.5) is 24.8 Å². The number of carbonyl (C=O) groups is 1. The molecule has 3 aromatic heterocycles. The lowest BCUT2D eigenvalue weighted by Gasteiger charge is -2.32. The van der Waals surface area contributed by atoms with Crippen LogP contribution in [-0.4, -0.2) is 59.2 Å². The number of halogens is 3. The predicted octanol–water partition coefficient (Wildman–Crippen LogP) is 4.28. The first kappa shape index (κ1) is 29.4. The average molecular weight is 622 g/mol. The van der Waals surface area contributed by atoms with Crippen LogP contribution in [0.15, 0.2) is 36.8 Å². The highest BCUT2D eigenvalue weighted by atomic mass is 19.4. The van der Waals surface area contributed by atoms with E-state index in [0.717, 1.165) is 25.5 Å². The number of hydrogen-bond donors (Lipinski definition) is 3. The first-order chi connectivity index (χ1) is 21.5. The third-order valence-electron chi connectivity index (χ3n) is 9.11. The van der Waals surface area contributed by atoms with Crippen molar-refractivity contribution < 1.29 is 23.1 Å². The topological polar surface area (TPSA) is 126 Å². The highest BCUT2D eigenvalue weighted by Gasteiger charge is 2.41. The number of alkyl halides is 3. The van der Waals surface area contributed by atoms with Gasteiger partial charge in [0.05, 0.1) is 35.7 Å². The number of fused-ring (bicyclic) bond motifs is 1. The molecule has 236 valence electrons. The first-order valence-electron chi connectivity index (χ1n) is 15.1. The van der Waals surface area contributed by atoms with Crippen molar-refractivity contribution in [3.63, 3.8) is 0 Å². The predicted molar refractivity (Wildman–Crippen MR) is 160 cm³/mol. The van der Waals surface area contributed by atoms with Gasteiger partial charge in [0.15, 0.2) is 5.82 Å². The van der Waals surface area contributed by atoms with Crippen molar-refractivity contribution in [3.8, 4) is 22.6 Å². The summed E-state index contributed by atoms with van der Waals surface area (Å²) in [6.07, 6.45) is 2.73. The molecule has 1 aromatic carbocycles. The maximum atomic E-state index is 14.4.